The monoisotopic (exact) mass is 344 g/mol. The third-order valence-corrected chi connectivity index (χ3v) is 4.16. The van der Waals surface area contributed by atoms with E-state index in [-0.39, 0.29) is 24.1 Å². The van der Waals surface area contributed by atoms with Crippen molar-refractivity contribution in [2.75, 3.05) is 5.32 Å². The van der Waals surface area contributed by atoms with Crippen molar-refractivity contribution in [1.29, 1.82) is 0 Å². The first-order valence-corrected chi connectivity index (χ1v) is 7.90. The van der Waals surface area contributed by atoms with Crippen LogP contribution in [0.5, 0.6) is 0 Å². The number of aryl methyl sites for hydroxylation is 1. The number of fused-ring (bicyclic) bond motifs is 1. The van der Waals surface area contributed by atoms with Crippen molar-refractivity contribution in [3.63, 3.8) is 0 Å². The average Bonchev–Trinajstić information content (AvgIpc) is 2.56. The van der Waals surface area contributed by atoms with Crippen molar-refractivity contribution in [2.45, 2.75) is 31.7 Å². The van der Waals surface area contributed by atoms with Crippen molar-refractivity contribution in [1.82, 2.24) is 0 Å². The lowest BCUT2D eigenvalue weighted by Gasteiger charge is -2.17. The van der Waals surface area contributed by atoms with Gasteiger partial charge in [-0.1, -0.05) is 36.4 Å². The Balaban J connectivity index is 0.00000208. The molecular formula is C19H21ClN2O2. The van der Waals surface area contributed by atoms with Gasteiger partial charge < -0.3 is 11.1 Å². The Bertz CT molecular complexity index is 731. The second-order valence-electron chi connectivity index (χ2n) is 5.93. The van der Waals surface area contributed by atoms with Crippen LogP contribution in [0.4, 0.5) is 5.69 Å². The number of hydrogen-bond acceptors (Lipinski definition) is 3. The third-order valence-electron chi connectivity index (χ3n) is 4.16. The van der Waals surface area contributed by atoms with Gasteiger partial charge in [0.25, 0.3) is 0 Å². The number of carbonyl (C=O) groups excluding carboxylic acids is 2. The van der Waals surface area contributed by atoms with Crippen LogP contribution in [0.1, 0.15) is 34.3 Å². The number of hydrogen-bond donors (Lipinski definition) is 2. The molecule has 2 aromatic carbocycles. The predicted octanol–water partition coefficient (Wildman–Crippen LogP) is 3.14. The van der Waals surface area contributed by atoms with Crippen LogP contribution in [0.3, 0.4) is 0 Å². The molecule has 0 fully saturated rings. The molecular weight excluding hydrogens is 324 g/mol. The molecule has 3 rings (SSSR count). The van der Waals surface area contributed by atoms with Crippen molar-refractivity contribution in [2.24, 2.45) is 5.73 Å². The second-order valence-corrected chi connectivity index (χ2v) is 5.93. The highest BCUT2D eigenvalue weighted by Crippen LogP contribution is 2.24. The smallest absolute Gasteiger partial charge is 0.241 e. The molecule has 126 valence electrons. The molecule has 1 atom stereocenters. The fourth-order valence-corrected chi connectivity index (χ4v) is 2.90. The van der Waals surface area contributed by atoms with Gasteiger partial charge in [-0.2, -0.15) is 0 Å². The number of anilines is 1. The lowest BCUT2D eigenvalue weighted by Crippen LogP contribution is -2.37. The van der Waals surface area contributed by atoms with Crippen LogP contribution < -0.4 is 11.1 Å². The Morgan fingerprint density at radius 3 is 2.62 bits per heavy atom. The molecule has 1 amide bonds. The van der Waals surface area contributed by atoms with Gasteiger partial charge in [0.1, 0.15) is 0 Å². The number of amides is 1. The Morgan fingerprint density at radius 1 is 1.12 bits per heavy atom. The first-order chi connectivity index (χ1) is 11.1. The van der Waals surface area contributed by atoms with Crippen LogP contribution in [0.25, 0.3) is 0 Å². The summed E-state index contributed by atoms with van der Waals surface area (Å²) >= 11 is 0. The fraction of sp³-hybridized carbons (Fsp3) is 0.263. The van der Waals surface area contributed by atoms with Crippen molar-refractivity contribution < 1.29 is 9.59 Å². The van der Waals surface area contributed by atoms with E-state index in [0.29, 0.717) is 18.5 Å². The highest BCUT2D eigenvalue weighted by atomic mass is 35.5. The minimum absolute atomic E-state index is 0. The van der Waals surface area contributed by atoms with Gasteiger partial charge in [0.2, 0.25) is 5.91 Å². The van der Waals surface area contributed by atoms with Crippen LogP contribution in [0.15, 0.2) is 48.5 Å². The Morgan fingerprint density at radius 2 is 1.88 bits per heavy atom. The molecule has 4 nitrogen and oxygen atoms in total. The second kappa shape index (κ2) is 8.08. The number of carbonyl (C=O) groups is 2. The Hall–Kier alpha value is -2.17. The standard InChI is InChI=1S/C19H20N2O2.ClH/c20-17(11-13-5-2-1-3-6-13)19(23)21-15-10-9-14-7-4-8-18(22)16(14)12-15;/h1-3,5-6,9-10,12,17H,4,7-8,11,20H2,(H,21,23);1H/t17-;/m0./s1. The molecule has 3 N–H and O–H groups in total. The summed E-state index contributed by atoms with van der Waals surface area (Å²) in [5, 5.41) is 2.82. The molecule has 2 aromatic rings. The molecule has 5 heteroatoms. The molecule has 0 saturated heterocycles. The van der Waals surface area contributed by atoms with Gasteiger partial charge in [-0.25, -0.2) is 0 Å². The van der Waals surface area contributed by atoms with Crippen molar-refractivity contribution in [3.05, 3.63) is 65.2 Å². The number of halogens is 1. The zero-order chi connectivity index (χ0) is 16.2. The van der Waals surface area contributed by atoms with Crippen LogP contribution in [0.2, 0.25) is 0 Å². The average molecular weight is 345 g/mol. The van der Waals surface area contributed by atoms with E-state index in [2.05, 4.69) is 5.32 Å². The van der Waals surface area contributed by atoms with Crippen molar-refractivity contribution in [3.8, 4) is 0 Å². The maximum Gasteiger partial charge on any atom is 0.241 e. The minimum atomic E-state index is -0.621. The molecule has 0 spiro atoms. The van der Waals surface area contributed by atoms with Crippen LogP contribution in [-0.2, 0) is 17.6 Å². The lowest BCUT2D eigenvalue weighted by atomic mass is 9.90. The Kier molecular flexibility index (Phi) is 6.12. The molecule has 24 heavy (non-hydrogen) atoms. The highest BCUT2D eigenvalue weighted by molar-refractivity contribution is 6.01. The topological polar surface area (TPSA) is 72.2 Å². The summed E-state index contributed by atoms with van der Waals surface area (Å²) in [5.74, 6) is -0.0898. The molecule has 1 aliphatic carbocycles. The number of ketones is 1. The van der Waals surface area contributed by atoms with Crippen LogP contribution in [0, 0.1) is 0 Å². The maximum absolute atomic E-state index is 12.2. The van der Waals surface area contributed by atoms with Gasteiger partial charge in [-0.15, -0.1) is 12.4 Å². The van der Waals surface area contributed by atoms with E-state index in [9.17, 15) is 9.59 Å². The van der Waals surface area contributed by atoms with Gasteiger partial charge >= 0.3 is 0 Å². The molecule has 0 saturated carbocycles. The van der Waals surface area contributed by atoms with E-state index in [0.717, 1.165) is 29.5 Å². The summed E-state index contributed by atoms with van der Waals surface area (Å²) < 4.78 is 0. The summed E-state index contributed by atoms with van der Waals surface area (Å²) in [6.07, 6.45) is 2.89. The molecule has 1 aliphatic rings. The molecule has 0 radical (unpaired) electrons. The third kappa shape index (κ3) is 4.22. The largest absolute Gasteiger partial charge is 0.325 e. The molecule has 0 bridgehead atoms. The lowest BCUT2D eigenvalue weighted by molar-refractivity contribution is -0.117. The summed E-state index contributed by atoms with van der Waals surface area (Å²) in [4.78, 5) is 24.2. The highest BCUT2D eigenvalue weighted by Gasteiger charge is 2.19. The normalized spacial score (nSPS) is 14.3. The van der Waals surface area contributed by atoms with E-state index in [1.165, 1.54) is 0 Å². The molecule has 0 unspecified atom stereocenters. The van der Waals surface area contributed by atoms with Gasteiger partial charge in [0.15, 0.2) is 5.78 Å². The number of rotatable bonds is 4. The number of Topliss-reactive ketones (excluding diaryl/α,β-unsaturated/α-hetero) is 1. The zero-order valence-corrected chi connectivity index (χ0v) is 14.1. The summed E-state index contributed by atoms with van der Waals surface area (Å²) in [6.45, 7) is 0. The first kappa shape index (κ1) is 18.2. The van der Waals surface area contributed by atoms with E-state index in [1.807, 2.05) is 42.5 Å². The van der Waals surface area contributed by atoms with Gasteiger partial charge in [0.05, 0.1) is 6.04 Å². The zero-order valence-electron chi connectivity index (χ0n) is 13.3. The number of nitrogens with two attached hydrogens (primary N) is 1. The summed E-state index contributed by atoms with van der Waals surface area (Å²) in [5.41, 5.74) is 9.43. The van der Waals surface area contributed by atoms with Gasteiger partial charge in [-0.05, 0) is 42.5 Å². The van der Waals surface area contributed by atoms with E-state index >= 15 is 0 Å². The summed E-state index contributed by atoms with van der Waals surface area (Å²) in [6, 6.07) is 14.6. The Labute approximate surface area is 147 Å². The quantitative estimate of drug-likeness (QED) is 0.895. The fourth-order valence-electron chi connectivity index (χ4n) is 2.90. The first-order valence-electron chi connectivity index (χ1n) is 7.90. The van der Waals surface area contributed by atoms with Crippen molar-refractivity contribution >= 4 is 29.8 Å². The van der Waals surface area contributed by atoms with E-state index < -0.39 is 6.04 Å². The number of benzene rings is 2. The molecule has 0 aliphatic heterocycles. The molecule has 0 heterocycles. The van der Waals surface area contributed by atoms with Crippen LogP contribution in [-0.4, -0.2) is 17.7 Å². The SMILES string of the molecule is Cl.N[C@@H](Cc1ccccc1)C(=O)Nc1ccc2c(c1)C(=O)CCC2. The predicted molar refractivity (Wildman–Crippen MR) is 97.7 cm³/mol. The van der Waals surface area contributed by atoms with Gasteiger partial charge in [0, 0.05) is 17.7 Å². The maximum atomic E-state index is 12.2. The van der Waals surface area contributed by atoms with E-state index in [4.69, 9.17) is 5.73 Å². The van der Waals surface area contributed by atoms with Crippen LogP contribution >= 0.6 is 12.4 Å². The van der Waals surface area contributed by atoms with Gasteiger partial charge in [-0.3, -0.25) is 9.59 Å². The molecule has 0 aromatic heterocycles. The van der Waals surface area contributed by atoms with E-state index in [1.54, 1.807) is 6.07 Å². The summed E-state index contributed by atoms with van der Waals surface area (Å²) in [7, 11) is 0. The number of nitrogens with one attached hydrogen (secondary N) is 1. The minimum Gasteiger partial charge on any atom is -0.325 e.